The van der Waals surface area contributed by atoms with Crippen LogP contribution in [0.4, 0.5) is 0 Å². The van der Waals surface area contributed by atoms with E-state index in [1.54, 1.807) is 0 Å². The van der Waals surface area contributed by atoms with Crippen LogP contribution in [0.3, 0.4) is 0 Å². The summed E-state index contributed by atoms with van der Waals surface area (Å²) in [7, 11) is 0. The molecule has 0 spiro atoms. The van der Waals surface area contributed by atoms with Crippen LogP contribution in [0, 0.1) is 0 Å². The Hall–Kier alpha value is -1.99. The smallest absolute Gasteiger partial charge is 0.364 e. The normalized spacial score (nSPS) is 39.3. The second-order valence-electron chi connectivity index (χ2n) is 8.31. The molecule has 2 aliphatic rings. The third-order valence-corrected chi connectivity index (χ3v) is 5.62. The Morgan fingerprint density at radius 1 is 1.11 bits per heavy atom. The molecule has 2 aliphatic heterocycles. The van der Waals surface area contributed by atoms with Gasteiger partial charge in [-0.2, -0.15) is 0 Å². The average Bonchev–Trinajstić information content (AvgIpc) is 2.78. The Morgan fingerprint density at radius 3 is 2.26 bits per heavy atom. The monoisotopic (exact) mass is 513 g/mol. The molecule has 0 aliphatic carbocycles. The highest BCUT2D eigenvalue weighted by Crippen LogP contribution is 2.37. The number of carbonyl (C=O) groups is 3. The zero-order valence-corrected chi connectivity index (χ0v) is 18.8. The first kappa shape index (κ1) is 29.2. The van der Waals surface area contributed by atoms with Crippen LogP contribution in [0.15, 0.2) is 0 Å². The standard InChI is InChI=1S/C19H31NO15/c1-6(22)20-11-8(24)3-19(18(30)31,34-15(11)12(26)9(25)5-32-7(2)23)35-16-13(27)10(4-21)33-17(29)14(16)28/h8-17,21,24-29H,3-5H2,1-2H3,(H,20,22)(H,30,31)/t8-,9-,10?,11-,12-,13+,14?,15?,16?,17-,19+/m1/s1. The fourth-order valence-corrected chi connectivity index (χ4v) is 3.87. The van der Waals surface area contributed by atoms with E-state index >= 15 is 0 Å². The minimum absolute atomic E-state index is 0.711. The number of ether oxygens (including phenoxy) is 4. The highest BCUT2D eigenvalue weighted by Gasteiger charge is 2.59. The molecule has 0 bridgehead atoms. The van der Waals surface area contributed by atoms with Gasteiger partial charge in [-0.25, -0.2) is 4.79 Å². The molecule has 2 heterocycles. The maximum Gasteiger partial charge on any atom is 0.364 e. The van der Waals surface area contributed by atoms with Gasteiger partial charge in [0, 0.05) is 20.3 Å². The van der Waals surface area contributed by atoms with Crippen LogP contribution in [-0.4, -0.2) is 139 Å². The summed E-state index contributed by atoms with van der Waals surface area (Å²) >= 11 is 0. The first-order valence-electron chi connectivity index (χ1n) is 10.6. The minimum atomic E-state index is -2.90. The molecule has 4 unspecified atom stereocenters. The highest BCUT2D eigenvalue weighted by molar-refractivity contribution is 5.76. The molecule has 0 aromatic heterocycles. The van der Waals surface area contributed by atoms with Gasteiger partial charge >= 0.3 is 11.9 Å². The number of esters is 1. The first-order valence-corrected chi connectivity index (χ1v) is 10.6. The third kappa shape index (κ3) is 6.62. The lowest BCUT2D eigenvalue weighted by Crippen LogP contribution is -2.70. The molecule has 2 rings (SSSR count). The molecule has 35 heavy (non-hydrogen) atoms. The number of rotatable bonds is 9. The maximum atomic E-state index is 12.3. The van der Waals surface area contributed by atoms with Crippen LogP contribution in [0.1, 0.15) is 20.3 Å². The molecular weight excluding hydrogens is 482 g/mol. The topological polar surface area (TPSA) is 262 Å². The Labute approximate surface area is 198 Å². The number of amides is 1. The molecule has 9 N–H and O–H groups in total. The average molecular weight is 513 g/mol. The molecule has 0 radical (unpaired) electrons. The second kappa shape index (κ2) is 11.8. The summed E-state index contributed by atoms with van der Waals surface area (Å²) in [6, 6.07) is -1.48. The van der Waals surface area contributed by atoms with Gasteiger partial charge in [0.2, 0.25) is 5.91 Å². The minimum Gasteiger partial charge on any atom is -0.477 e. The molecule has 0 saturated carbocycles. The van der Waals surface area contributed by atoms with E-state index in [0.29, 0.717) is 0 Å². The van der Waals surface area contributed by atoms with Crippen molar-refractivity contribution in [3.8, 4) is 0 Å². The molecule has 2 fully saturated rings. The van der Waals surface area contributed by atoms with Crippen molar-refractivity contribution in [3.05, 3.63) is 0 Å². The number of carboxylic acid groups (broad SMARTS) is 1. The van der Waals surface area contributed by atoms with E-state index in [1.807, 2.05) is 0 Å². The Morgan fingerprint density at radius 2 is 1.74 bits per heavy atom. The van der Waals surface area contributed by atoms with Crippen molar-refractivity contribution < 1.29 is 74.2 Å². The molecule has 0 aromatic carbocycles. The number of aliphatic hydroxyl groups excluding tert-OH is 7. The van der Waals surface area contributed by atoms with Crippen molar-refractivity contribution in [3.63, 3.8) is 0 Å². The fraction of sp³-hybridized carbons (Fsp3) is 0.842. The van der Waals surface area contributed by atoms with E-state index in [4.69, 9.17) is 14.2 Å². The Bertz CT molecular complexity index is 767. The van der Waals surface area contributed by atoms with Gasteiger partial charge in [-0.3, -0.25) is 9.59 Å². The van der Waals surface area contributed by atoms with E-state index < -0.39 is 104 Å². The lowest BCUT2D eigenvalue weighted by molar-refractivity contribution is -0.366. The van der Waals surface area contributed by atoms with Crippen molar-refractivity contribution in [2.75, 3.05) is 13.2 Å². The number of aliphatic hydroxyl groups is 7. The zero-order valence-electron chi connectivity index (χ0n) is 18.8. The van der Waals surface area contributed by atoms with E-state index in [-0.39, 0.29) is 0 Å². The fourth-order valence-electron chi connectivity index (χ4n) is 3.87. The van der Waals surface area contributed by atoms with Crippen molar-refractivity contribution in [2.24, 2.45) is 0 Å². The van der Waals surface area contributed by atoms with Crippen LogP contribution in [0.25, 0.3) is 0 Å². The number of carbonyl (C=O) groups excluding carboxylic acids is 2. The van der Waals surface area contributed by atoms with Crippen molar-refractivity contribution >= 4 is 17.8 Å². The highest BCUT2D eigenvalue weighted by atomic mass is 16.7. The predicted molar refractivity (Wildman–Crippen MR) is 107 cm³/mol. The summed E-state index contributed by atoms with van der Waals surface area (Å²) in [4.78, 5) is 34.9. The molecule has 0 aromatic rings. The number of carboxylic acids is 1. The molecule has 16 nitrogen and oxygen atoms in total. The van der Waals surface area contributed by atoms with Gasteiger partial charge in [-0.15, -0.1) is 0 Å². The lowest BCUT2D eigenvalue weighted by Gasteiger charge is -2.49. The third-order valence-electron chi connectivity index (χ3n) is 5.62. The summed E-state index contributed by atoms with van der Waals surface area (Å²) in [6.45, 7) is 0.499. The van der Waals surface area contributed by atoms with Gasteiger partial charge in [-0.1, -0.05) is 0 Å². The van der Waals surface area contributed by atoms with Crippen LogP contribution in [-0.2, 0) is 33.3 Å². The van der Waals surface area contributed by atoms with Crippen LogP contribution >= 0.6 is 0 Å². The first-order chi connectivity index (χ1) is 16.2. The number of nitrogens with one attached hydrogen (secondary N) is 1. The van der Waals surface area contributed by atoms with Gasteiger partial charge in [-0.05, 0) is 0 Å². The Balaban J connectivity index is 2.41. The molecule has 2 saturated heterocycles. The largest absolute Gasteiger partial charge is 0.477 e. The molecule has 16 heteroatoms. The number of hydrogen-bond donors (Lipinski definition) is 9. The maximum absolute atomic E-state index is 12.3. The summed E-state index contributed by atoms with van der Waals surface area (Å²) in [5, 5.41) is 83.5. The van der Waals surface area contributed by atoms with E-state index in [1.165, 1.54) is 0 Å². The molecular formula is C19H31NO15. The van der Waals surface area contributed by atoms with Crippen LogP contribution < -0.4 is 5.32 Å². The predicted octanol–water partition coefficient (Wildman–Crippen LogP) is -5.48. The van der Waals surface area contributed by atoms with Gasteiger partial charge in [0.25, 0.3) is 5.79 Å². The van der Waals surface area contributed by atoms with E-state index in [9.17, 15) is 55.2 Å². The quantitative estimate of drug-likeness (QED) is 0.130. The van der Waals surface area contributed by atoms with Crippen molar-refractivity contribution in [1.29, 1.82) is 0 Å². The van der Waals surface area contributed by atoms with Crippen LogP contribution in [0.2, 0.25) is 0 Å². The van der Waals surface area contributed by atoms with Gasteiger partial charge in [0.1, 0.15) is 49.3 Å². The SMILES string of the molecule is CC(=O)N[C@H]1C([C@H](O)[C@H](O)COC(C)=O)O[C@@](OC2C(O)[C@H](O)OC(CO)[C@@H]2O)(C(=O)O)C[C@H]1O. The van der Waals surface area contributed by atoms with E-state index in [2.05, 4.69) is 10.1 Å². The lowest BCUT2D eigenvalue weighted by atomic mass is 9.88. The number of hydrogen-bond acceptors (Lipinski definition) is 14. The van der Waals surface area contributed by atoms with Gasteiger partial charge in [0.05, 0.1) is 18.8 Å². The van der Waals surface area contributed by atoms with Gasteiger partial charge in [0.15, 0.2) is 6.29 Å². The molecule has 202 valence electrons. The summed E-state index contributed by atoms with van der Waals surface area (Å²) in [6.07, 6.45) is -17.8. The number of aliphatic carboxylic acids is 1. The van der Waals surface area contributed by atoms with Crippen molar-refractivity contribution in [1.82, 2.24) is 5.32 Å². The molecule has 11 atom stereocenters. The van der Waals surface area contributed by atoms with Crippen molar-refractivity contribution in [2.45, 2.75) is 87.2 Å². The molecule has 1 amide bonds. The van der Waals surface area contributed by atoms with Gasteiger partial charge < -0.3 is 65.1 Å². The summed E-state index contributed by atoms with van der Waals surface area (Å²) in [5.41, 5.74) is 0. The zero-order chi connectivity index (χ0) is 26.7. The van der Waals surface area contributed by atoms with E-state index in [0.717, 1.165) is 13.8 Å². The second-order valence-corrected chi connectivity index (χ2v) is 8.31. The van der Waals surface area contributed by atoms with Crippen LogP contribution in [0.5, 0.6) is 0 Å². The Kier molecular flexibility index (Phi) is 9.88. The summed E-state index contributed by atoms with van der Waals surface area (Å²) < 4.78 is 20.3. The summed E-state index contributed by atoms with van der Waals surface area (Å²) in [5.74, 6) is -6.31.